The summed E-state index contributed by atoms with van der Waals surface area (Å²) in [6.45, 7) is 1.50. The van der Waals surface area contributed by atoms with E-state index < -0.39 is 17.9 Å². The van der Waals surface area contributed by atoms with Gasteiger partial charge in [-0.3, -0.25) is 4.79 Å². The molecule has 2 rings (SSSR count). The van der Waals surface area contributed by atoms with Crippen LogP contribution in [0.5, 0.6) is 0 Å². The molecule has 28 heavy (non-hydrogen) atoms. The predicted octanol–water partition coefficient (Wildman–Crippen LogP) is 4.00. The second-order valence-corrected chi connectivity index (χ2v) is 6.61. The van der Waals surface area contributed by atoms with Gasteiger partial charge < -0.3 is 20.1 Å². The van der Waals surface area contributed by atoms with Crippen molar-refractivity contribution < 1.29 is 19.8 Å². The van der Waals surface area contributed by atoms with Crippen molar-refractivity contribution in [2.75, 3.05) is 6.61 Å². The van der Waals surface area contributed by atoms with Crippen LogP contribution in [0.15, 0.2) is 41.9 Å². The lowest BCUT2D eigenvalue weighted by Gasteiger charge is -2.17. The zero-order chi connectivity index (χ0) is 20.8. The highest BCUT2D eigenvalue weighted by molar-refractivity contribution is 6.53. The molecule has 0 aliphatic rings. The van der Waals surface area contributed by atoms with E-state index in [-0.39, 0.29) is 12.2 Å². The summed E-state index contributed by atoms with van der Waals surface area (Å²) in [6.07, 6.45) is 3.63. The number of nitrogens with one attached hydrogen (secondary N) is 1. The van der Waals surface area contributed by atoms with Crippen LogP contribution in [0.3, 0.4) is 0 Å². The molecule has 1 heterocycles. The molecule has 1 aromatic carbocycles. The van der Waals surface area contributed by atoms with Crippen molar-refractivity contribution in [1.82, 2.24) is 9.88 Å². The van der Waals surface area contributed by atoms with Gasteiger partial charge in [0.2, 0.25) is 0 Å². The molecular weight excluding hydrogens is 403 g/mol. The highest BCUT2D eigenvalue weighted by Gasteiger charge is 2.21. The van der Waals surface area contributed by atoms with Crippen molar-refractivity contribution in [3.63, 3.8) is 0 Å². The first kappa shape index (κ1) is 21.8. The molecule has 0 radical (unpaired) electrons. The van der Waals surface area contributed by atoms with E-state index in [9.17, 15) is 14.7 Å². The van der Waals surface area contributed by atoms with E-state index in [2.05, 4.69) is 5.32 Å². The number of hydrogen-bond donors (Lipinski definition) is 3. The Bertz CT molecular complexity index is 930. The lowest BCUT2D eigenvalue weighted by atomic mass is 10.1. The number of aromatic nitrogens is 1. The quantitative estimate of drug-likeness (QED) is 0.628. The van der Waals surface area contributed by atoms with E-state index in [1.54, 1.807) is 29.8 Å². The number of aliphatic hydroxyl groups excluding tert-OH is 1. The molecule has 1 unspecified atom stereocenters. The highest BCUT2D eigenvalue weighted by Crippen LogP contribution is 2.28. The van der Waals surface area contributed by atoms with Gasteiger partial charge in [-0.05, 0) is 36.8 Å². The van der Waals surface area contributed by atoms with Crippen LogP contribution in [0.2, 0.25) is 0 Å². The van der Waals surface area contributed by atoms with E-state index in [0.717, 1.165) is 0 Å². The summed E-state index contributed by atoms with van der Waals surface area (Å²) < 4.78 is 1.68. The average Bonchev–Trinajstić information content (AvgIpc) is 3.02. The number of carboxylic acids is 1. The van der Waals surface area contributed by atoms with Crippen LogP contribution in [0.25, 0.3) is 11.1 Å². The maximum Gasteiger partial charge on any atom is 0.335 e. The molecule has 3 N–H and O–H groups in total. The summed E-state index contributed by atoms with van der Waals surface area (Å²) in [7, 11) is 1.72. The van der Waals surface area contributed by atoms with Gasteiger partial charge in [-0.15, -0.1) is 0 Å². The molecule has 8 heteroatoms. The minimum atomic E-state index is -1.05. The normalized spacial score (nSPS) is 13.0. The van der Waals surface area contributed by atoms with Gasteiger partial charge in [-0.1, -0.05) is 41.4 Å². The van der Waals surface area contributed by atoms with Crippen LogP contribution in [-0.4, -0.2) is 33.3 Å². The molecule has 2 aromatic rings. The van der Waals surface area contributed by atoms with Gasteiger partial charge in [0, 0.05) is 23.8 Å². The molecule has 148 valence electrons. The number of halogens is 2. The van der Waals surface area contributed by atoms with E-state index in [0.29, 0.717) is 27.5 Å². The van der Waals surface area contributed by atoms with Crippen molar-refractivity contribution in [1.29, 1.82) is 0 Å². The molecule has 0 aliphatic heterocycles. The zero-order valence-corrected chi connectivity index (χ0v) is 16.8. The molecule has 1 amide bonds. The third kappa shape index (κ3) is 4.65. The van der Waals surface area contributed by atoms with Crippen LogP contribution in [-0.2, 0) is 7.05 Å². The minimum Gasteiger partial charge on any atom is -0.478 e. The van der Waals surface area contributed by atoms with Crippen molar-refractivity contribution in [2.45, 2.75) is 13.0 Å². The standard InChI is InChI=1S/C20H20Cl2N2O4/c1-3-4-17-14(15(22)10-21)9-18(24(17)2)19(26)23-16(11-25)12-5-7-13(8-6-12)20(27)28/h3-10,16,25H,11H2,1-2H3,(H,23,26)(H,27,28)/b4-3-,15-10-. The summed E-state index contributed by atoms with van der Waals surface area (Å²) in [5.41, 5.74) is 3.58. The Hall–Kier alpha value is -2.54. The number of carbonyl (C=O) groups is 2. The average molecular weight is 423 g/mol. The zero-order valence-electron chi connectivity index (χ0n) is 15.3. The van der Waals surface area contributed by atoms with Gasteiger partial charge in [0.05, 0.1) is 23.2 Å². The minimum absolute atomic E-state index is 0.123. The summed E-state index contributed by atoms with van der Waals surface area (Å²) >= 11 is 11.9. The second kappa shape index (κ2) is 9.59. The molecule has 0 fully saturated rings. The van der Waals surface area contributed by atoms with Gasteiger partial charge in [-0.25, -0.2) is 4.79 Å². The first-order chi connectivity index (χ1) is 13.3. The lowest BCUT2D eigenvalue weighted by Crippen LogP contribution is -2.32. The van der Waals surface area contributed by atoms with Crippen molar-refractivity contribution >= 4 is 46.2 Å². The maximum atomic E-state index is 12.8. The molecule has 0 saturated carbocycles. The number of amides is 1. The molecule has 1 aromatic heterocycles. The summed E-state index contributed by atoms with van der Waals surface area (Å²) in [5.74, 6) is -1.46. The predicted molar refractivity (Wildman–Crippen MR) is 110 cm³/mol. The van der Waals surface area contributed by atoms with E-state index in [1.807, 2.05) is 19.1 Å². The van der Waals surface area contributed by atoms with Crippen LogP contribution < -0.4 is 5.32 Å². The van der Waals surface area contributed by atoms with Crippen LogP contribution >= 0.6 is 23.2 Å². The number of carbonyl (C=O) groups excluding carboxylic acids is 1. The Morgan fingerprint density at radius 1 is 1.29 bits per heavy atom. The fourth-order valence-electron chi connectivity index (χ4n) is 2.77. The van der Waals surface area contributed by atoms with Crippen molar-refractivity contribution in [3.8, 4) is 0 Å². The van der Waals surface area contributed by atoms with Gasteiger partial charge in [-0.2, -0.15) is 0 Å². The van der Waals surface area contributed by atoms with Crippen molar-refractivity contribution in [2.24, 2.45) is 7.05 Å². The second-order valence-electron chi connectivity index (χ2n) is 5.98. The van der Waals surface area contributed by atoms with Gasteiger partial charge in [0.25, 0.3) is 5.91 Å². The third-order valence-corrected chi connectivity index (χ3v) is 4.88. The van der Waals surface area contributed by atoms with Gasteiger partial charge in [0.1, 0.15) is 5.69 Å². The van der Waals surface area contributed by atoms with E-state index in [4.69, 9.17) is 28.3 Å². The molecule has 0 saturated heterocycles. The SMILES string of the molecule is C/C=C\c1c(/C(Cl)=C/Cl)cc(C(=O)NC(CO)c2ccc(C(=O)O)cc2)n1C. The van der Waals surface area contributed by atoms with E-state index in [1.165, 1.54) is 17.7 Å². The van der Waals surface area contributed by atoms with E-state index >= 15 is 0 Å². The summed E-state index contributed by atoms with van der Waals surface area (Å²) in [4.78, 5) is 23.8. The number of nitrogens with zero attached hydrogens (tertiary/aromatic N) is 1. The monoisotopic (exact) mass is 422 g/mol. The maximum absolute atomic E-state index is 12.8. The Balaban J connectivity index is 2.33. The molecule has 1 atom stereocenters. The first-order valence-electron chi connectivity index (χ1n) is 8.37. The number of aromatic carboxylic acids is 1. The van der Waals surface area contributed by atoms with Gasteiger partial charge in [0.15, 0.2) is 0 Å². The number of allylic oxidation sites excluding steroid dienone is 1. The van der Waals surface area contributed by atoms with Crippen LogP contribution in [0, 0.1) is 0 Å². The molecular formula is C20H20Cl2N2O4. The Labute approximate surface area is 172 Å². The number of benzene rings is 1. The number of rotatable bonds is 7. The highest BCUT2D eigenvalue weighted by atomic mass is 35.5. The fraction of sp³-hybridized carbons (Fsp3) is 0.200. The number of hydrogen-bond acceptors (Lipinski definition) is 3. The first-order valence-corrected chi connectivity index (χ1v) is 9.19. The molecule has 0 spiro atoms. The fourth-order valence-corrected chi connectivity index (χ4v) is 3.04. The van der Waals surface area contributed by atoms with Crippen LogP contribution in [0.1, 0.15) is 50.6 Å². The largest absolute Gasteiger partial charge is 0.478 e. The Morgan fingerprint density at radius 2 is 1.93 bits per heavy atom. The Morgan fingerprint density at radius 3 is 2.43 bits per heavy atom. The summed E-state index contributed by atoms with van der Waals surface area (Å²) in [5, 5.41) is 21.7. The number of carboxylic acid groups (broad SMARTS) is 1. The molecule has 6 nitrogen and oxygen atoms in total. The molecule has 0 bridgehead atoms. The van der Waals surface area contributed by atoms with Gasteiger partial charge >= 0.3 is 5.97 Å². The van der Waals surface area contributed by atoms with Crippen molar-refractivity contribution in [3.05, 3.63) is 70.0 Å². The van der Waals surface area contributed by atoms with Crippen LogP contribution in [0.4, 0.5) is 0 Å². The topological polar surface area (TPSA) is 91.6 Å². The lowest BCUT2D eigenvalue weighted by molar-refractivity contribution is 0.0696. The summed E-state index contributed by atoms with van der Waals surface area (Å²) in [6, 6.07) is 6.87. The number of aliphatic hydroxyl groups is 1. The molecule has 0 aliphatic carbocycles. The third-order valence-electron chi connectivity index (χ3n) is 4.24. The Kier molecular flexibility index (Phi) is 7.45. The smallest absolute Gasteiger partial charge is 0.335 e.